The van der Waals surface area contributed by atoms with Gasteiger partial charge in [0, 0.05) is 6.20 Å². The third kappa shape index (κ3) is 1.67. The van der Waals surface area contributed by atoms with E-state index in [9.17, 15) is 9.59 Å². The Morgan fingerprint density at radius 2 is 2.32 bits per heavy atom. The molecule has 0 aromatic carbocycles. The fraction of sp³-hybridized carbons (Fsp3) is 0.167. The first-order valence-electron chi connectivity index (χ1n) is 5.73. The quantitative estimate of drug-likeness (QED) is 0.685. The summed E-state index contributed by atoms with van der Waals surface area (Å²) in [5.41, 5.74) is 0.779. The molecule has 96 valence electrons. The van der Waals surface area contributed by atoms with Crippen molar-refractivity contribution in [3.63, 3.8) is 0 Å². The Labute approximate surface area is 106 Å². The van der Waals surface area contributed by atoms with Gasteiger partial charge in [-0.25, -0.2) is 9.31 Å². The first-order chi connectivity index (χ1) is 9.22. The van der Waals surface area contributed by atoms with E-state index in [1.165, 1.54) is 23.1 Å². The predicted octanol–water partition coefficient (Wildman–Crippen LogP) is 0.747. The number of H-pyrrole nitrogens is 1. The molecular weight excluding hydrogens is 248 g/mol. The topological polar surface area (TPSA) is 89.3 Å². The molecule has 7 nitrogen and oxygen atoms in total. The highest BCUT2D eigenvalue weighted by Gasteiger charge is 2.16. The van der Waals surface area contributed by atoms with E-state index in [0.717, 1.165) is 0 Å². The van der Waals surface area contributed by atoms with Gasteiger partial charge in [-0.15, -0.1) is 0 Å². The molecule has 0 amide bonds. The van der Waals surface area contributed by atoms with E-state index in [1.54, 1.807) is 13.0 Å². The Balaban J connectivity index is 2.36. The molecule has 3 aromatic heterocycles. The summed E-state index contributed by atoms with van der Waals surface area (Å²) < 4.78 is 6.38. The summed E-state index contributed by atoms with van der Waals surface area (Å²) in [6.07, 6.45) is 4.42. The summed E-state index contributed by atoms with van der Waals surface area (Å²) in [4.78, 5) is 30.3. The van der Waals surface area contributed by atoms with Gasteiger partial charge in [-0.3, -0.25) is 9.78 Å². The number of aromatic amines is 1. The van der Waals surface area contributed by atoms with Crippen LogP contribution in [0.15, 0.2) is 29.5 Å². The molecule has 3 heterocycles. The molecule has 0 aliphatic heterocycles. The van der Waals surface area contributed by atoms with Crippen LogP contribution in [0, 0.1) is 0 Å². The number of nitrogens with zero attached hydrogens (tertiary/aromatic N) is 3. The van der Waals surface area contributed by atoms with Gasteiger partial charge in [0.1, 0.15) is 5.56 Å². The summed E-state index contributed by atoms with van der Waals surface area (Å²) in [6, 6.07) is 1.60. The van der Waals surface area contributed by atoms with Crippen LogP contribution in [0.2, 0.25) is 0 Å². The lowest BCUT2D eigenvalue weighted by Crippen LogP contribution is -2.12. The Bertz CT molecular complexity index is 834. The van der Waals surface area contributed by atoms with Gasteiger partial charge in [0.05, 0.1) is 29.9 Å². The maximum Gasteiger partial charge on any atom is 0.343 e. The van der Waals surface area contributed by atoms with E-state index in [-0.39, 0.29) is 17.7 Å². The monoisotopic (exact) mass is 258 g/mol. The molecule has 0 unspecified atom stereocenters. The number of hydrogen-bond donors (Lipinski definition) is 1. The minimum Gasteiger partial charge on any atom is -0.462 e. The van der Waals surface area contributed by atoms with Crippen LogP contribution in [-0.2, 0) is 4.74 Å². The Kier molecular flexibility index (Phi) is 2.52. The number of ether oxygens (including phenoxy) is 1. The fourth-order valence-electron chi connectivity index (χ4n) is 1.93. The van der Waals surface area contributed by atoms with E-state index >= 15 is 0 Å². The lowest BCUT2D eigenvalue weighted by Gasteiger charge is -2.02. The van der Waals surface area contributed by atoms with Gasteiger partial charge in [-0.2, -0.15) is 5.10 Å². The van der Waals surface area contributed by atoms with E-state index in [4.69, 9.17) is 4.74 Å². The summed E-state index contributed by atoms with van der Waals surface area (Å²) in [6.45, 7) is 1.97. The Hall–Kier alpha value is -2.70. The van der Waals surface area contributed by atoms with E-state index in [1.807, 2.05) is 0 Å². The van der Waals surface area contributed by atoms with Gasteiger partial charge in [-0.1, -0.05) is 0 Å². The molecule has 1 N–H and O–H groups in total. The molecule has 0 bridgehead atoms. The zero-order valence-corrected chi connectivity index (χ0v) is 10.1. The first-order valence-corrected chi connectivity index (χ1v) is 5.73. The third-order valence-corrected chi connectivity index (χ3v) is 2.77. The van der Waals surface area contributed by atoms with Crippen LogP contribution in [0.25, 0.3) is 16.6 Å². The van der Waals surface area contributed by atoms with Gasteiger partial charge in [0.25, 0.3) is 5.56 Å². The summed E-state index contributed by atoms with van der Waals surface area (Å²) in [5, 5.41) is 4.56. The second kappa shape index (κ2) is 4.20. The number of carbonyl (C=O) groups is 1. The molecule has 0 atom stereocenters. The number of pyridine rings is 1. The van der Waals surface area contributed by atoms with E-state index in [0.29, 0.717) is 16.6 Å². The van der Waals surface area contributed by atoms with Crippen molar-refractivity contribution in [1.82, 2.24) is 19.6 Å². The number of esters is 1. The largest absolute Gasteiger partial charge is 0.462 e. The van der Waals surface area contributed by atoms with Gasteiger partial charge in [-0.05, 0) is 13.0 Å². The lowest BCUT2D eigenvalue weighted by molar-refractivity contribution is 0.0528. The molecule has 0 aliphatic rings. The van der Waals surface area contributed by atoms with Crippen molar-refractivity contribution < 1.29 is 9.53 Å². The number of carbonyl (C=O) groups excluding carboxylic acids is 1. The van der Waals surface area contributed by atoms with Crippen LogP contribution in [0.1, 0.15) is 17.3 Å². The molecule has 0 spiro atoms. The fourth-order valence-corrected chi connectivity index (χ4v) is 1.93. The zero-order valence-electron chi connectivity index (χ0n) is 10.1. The highest BCUT2D eigenvalue weighted by Crippen LogP contribution is 2.13. The molecular formula is C12H10N4O3. The highest BCUT2D eigenvalue weighted by atomic mass is 16.5. The van der Waals surface area contributed by atoms with Crippen LogP contribution in [-0.4, -0.2) is 32.2 Å². The number of rotatable bonds is 2. The molecule has 19 heavy (non-hydrogen) atoms. The molecule has 0 aliphatic carbocycles. The van der Waals surface area contributed by atoms with Crippen LogP contribution < -0.4 is 5.56 Å². The molecule has 3 aromatic rings. The van der Waals surface area contributed by atoms with Crippen molar-refractivity contribution in [2.45, 2.75) is 6.92 Å². The first kappa shape index (κ1) is 11.4. The van der Waals surface area contributed by atoms with Crippen LogP contribution in [0.4, 0.5) is 0 Å². The van der Waals surface area contributed by atoms with E-state index < -0.39 is 5.97 Å². The predicted molar refractivity (Wildman–Crippen MR) is 67.1 cm³/mol. The van der Waals surface area contributed by atoms with Gasteiger partial charge >= 0.3 is 5.97 Å². The van der Waals surface area contributed by atoms with Crippen molar-refractivity contribution in [1.29, 1.82) is 0 Å². The van der Waals surface area contributed by atoms with Gasteiger partial charge in [0.15, 0.2) is 5.65 Å². The molecule has 0 saturated carbocycles. The van der Waals surface area contributed by atoms with Crippen LogP contribution in [0.3, 0.4) is 0 Å². The summed E-state index contributed by atoms with van der Waals surface area (Å²) in [5.74, 6) is -0.517. The maximum absolute atomic E-state index is 11.9. The molecule has 0 saturated heterocycles. The lowest BCUT2D eigenvalue weighted by atomic mass is 10.3. The van der Waals surface area contributed by atoms with Gasteiger partial charge in [0.2, 0.25) is 0 Å². The Morgan fingerprint density at radius 1 is 1.47 bits per heavy atom. The highest BCUT2D eigenvalue weighted by molar-refractivity contribution is 5.96. The molecule has 7 heteroatoms. The maximum atomic E-state index is 11.9. The van der Waals surface area contributed by atoms with Crippen LogP contribution in [0.5, 0.6) is 0 Å². The van der Waals surface area contributed by atoms with Crippen molar-refractivity contribution in [2.24, 2.45) is 0 Å². The van der Waals surface area contributed by atoms with E-state index in [2.05, 4.69) is 15.1 Å². The second-order valence-corrected chi connectivity index (χ2v) is 3.89. The van der Waals surface area contributed by atoms with Crippen molar-refractivity contribution in [3.05, 3.63) is 40.6 Å². The third-order valence-electron chi connectivity index (χ3n) is 2.77. The van der Waals surface area contributed by atoms with Crippen molar-refractivity contribution in [2.75, 3.05) is 6.61 Å². The van der Waals surface area contributed by atoms with Crippen molar-refractivity contribution in [3.8, 4) is 0 Å². The molecule has 3 rings (SSSR count). The number of fused-ring (bicyclic) bond motifs is 3. The van der Waals surface area contributed by atoms with Crippen LogP contribution >= 0.6 is 0 Å². The normalized spacial score (nSPS) is 11.0. The smallest absolute Gasteiger partial charge is 0.343 e. The number of aromatic nitrogens is 4. The number of hydrogen-bond acceptors (Lipinski definition) is 5. The number of nitrogens with one attached hydrogen (secondary N) is 1. The minimum absolute atomic E-state index is 0.227. The molecule has 0 radical (unpaired) electrons. The Morgan fingerprint density at radius 3 is 3.11 bits per heavy atom. The zero-order chi connectivity index (χ0) is 13.4. The minimum atomic E-state index is -0.517. The average molecular weight is 258 g/mol. The average Bonchev–Trinajstić information content (AvgIpc) is 2.83. The standard InChI is InChI=1S/C12H10N4O3/c1-2-19-12(18)8-5-14-16-9-6-13-4-3-7(9)11(17)15-10(8)16/h3-6H,2H2,1H3,(H,15,17). The van der Waals surface area contributed by atoms with Crippen molar-refractivity contribution >= 4 is 22.5 Å². The SMILES string of the molecule is CCOC(=O)c1cnn2c1[nH]c(=O)c1ccncc12. The summed E-state index contributed by atoms with van der Waals surface area (Å²) >= 11 is 0. The summed E-state index contributed by atoms with van der Waals surface area (Å²) in [7, 11) is 0. The van der Waals surface area contributed by atoms with Gasteiger partial charge < -0.3 is 9.72 Å². The second-order valence-electron chi connectivity index (χ2n) is 3.89. The molecule has 0 fully saturated rings.